The van der Waals surface area contributed by atoms with Crippen LogP contribution in [0.25, 0.3) is 16.6 Å². The molecule has 1 amide bonds. The number of hydrogen-bond donors (Lipinski definition) is 2. The van der Waals surface area contributed by atoms with Crippen LogP contribution in [-0.2, 0) is 7.05 Å². The molecule has 3 aromatic heterocycles. The van der Waals surface area contributed by atoms with Crippen LogP contribution < -0.4 is 20.3 Å². The number of aliphatic hydroxyl groups is 1. The molecule has 0 unspecified atom stereocenters. The number of anilines is 1. The Bertz CT molecular complexity index is 1780. The molecule has 5 aromatic rings. The highest BCUT2D eigenvalue weighted by molar-refractivity contribution is 6.04. The lowest BCUT2D eigenvalue weighted by Gasteiger charge is -2.18. The number of pyridine rings is 2. The average Bonchev–Trinajstić information content (AvgIpc) is 3.16. The summed E-state index contributed by atoms with van der Waals surface area (Å²) in [6.45, 7) is 7.20. The predicted molar refractivity (Wildman–Crippen MR) is 156 cm³/mol. The molecule has 0 atom stereocenters. The molecule has 0 saturated heterocycles. The van der Waals surface area contributed by atoms with E-state index in [4.69, 9.17) is 9.47 Å². The summed E-state index contributed by atoms with van der Waals surface area (Å²) in [4.78, 5) is 35.0. The van der Waals surface area contributed by atoms with Crippen molar-refractivity contribution in [3.63, 3.8) is 0 Å². The Morgan fingerprint density at radius 3 is 2.41 bits per heavy atom. The summed E-state index contributed by atoms with van der Waals surface area (Å²) in [5.41, 5.74) is 1.63. The number of fused-ring (bicyclic) bond motifs is 1. The molecular weight excluding hydrogens is 522 g/mol. The zero-order chi connectivity index (χ0) is 29.3. The number of rotatable bonds is 8. The van der Waals surface area contributed by atoms with Gasteiger partial charge in [0.2, 0.25) is 0 Å². The molecule has 0 aliphatic rings. The smallest absolute Gasteiger partial charge is 0.284 e. The summed E-state index contributed by atoms with van der Waals surface area (Å²) in [7, 11) is 1.74. The SMILES string of the molecule is Cc1ccc(-n2c(=O)c(C(=O)Nc3ccc(Oc4ccnc5cc(OCC(C)(C)O)ccc45)cn3)c(C)n2C)cc1. The minimum atomic E-state index is -0.952. The van der Waals surface area contributed by atoms with Gasteiger partial charge in [0.15, 0.2) is 0 Å². The van der Waals surface area contributed by atoms with E-state index in [9.17, 15) is 14.7 Å². The summed E-state index contributed by atoms with van der Waals surface area (Å²) in [6, 6.07) is 18.0. The molecule has 2 aromatic carbocycles. The van der Waals surface area contributed by atoms with E-state index in [0.29, 0.717) is 34.1 Å². The molecule has 0 spiro atoms. The van der Waals surface area contributed by atoms with Crippen molar-refractivity contribution < 1.29 is 19.4 Å². The van der Waals surface area contributed by atoms with Gasteiger partial charge in [0, 0.05) is 24.7 Å². The summed E-state index contributed by atoms with van der Waals surface area (Å²) in [6.07, 6.45) is 3.12. The van der Waals surface area contributed by atoms with Crippen LogP contribution in [0.5, 0.6) is 17.2 Å². The molecule has 0 saturated carbocycles. The molecule has 0 bridgehead atoms. The molecule has 3 heterocycles. The molecular formula is C31H31N5O5. The fourth-order valence-electron chi connectivity index (χ4n) is 4.31. The second-order valence-electron chi connectivity index (χ2n) is 10.5. The lowest BCUT2D eigenvalue weighted by Crippen LogP contribution is -2.27. The van der Waals surface area contributed by atoms with Crippen LogP contribution in [0.15, 0.2) is 77.9 Å². The molecule has 210 valence electrons. The first-order valence-electron chi connectivity index (χ1n) is 13.0. The number of carbonyl (C=O) groups excluding carboxylic acids is 1. The maximum Gasteiger partial charge on any atom is 0.284 e. The first kappa shape index (κ1) is 27.6. The molecule has 0 aliphatic heterocycles. The Morgan fingerprint density at radius 1 is 1.00 bits per heavy atom. The predicted octanol–water partition coefficient (Wildman–Crippen LogP) is 4.93. The first-order chi connectivity index (χ1) is 19.5. The monoisotopic (exact) mass is 553 g/mol. The van der Waals surface area contributed by atoms with Crippen molar-refractivity contribution in [1.29, 1.82) is 0 Å². The Labute approximate surface area is 236 Å². The third-order valence-electron chi connectivity index (χ3n) is 6.53. The van der Waals surface area contributed by atoms with Gasteiger partial charge in [0.25, 0.3) is 11.5 Å². The minimum absolute atomic E-state index is 0.0457. The van der Waals surface area contributed by atoms with Gasteiger partial charge in [-0.3, -0.25) is 19.3 Å². The Balaban J connectivity index is 1.31. The van der Waals surface area contributed by atoms with Gasteiger partial charge in [-0.2, -0.15) is 0 Å². The lowest BCUT2D eigenvalue weighted by atomic mass is 10.1. The fraction of sp³-hybridized carbons (Fsp3) is 0.226. The van der Waals surface area contributed by atoms with Gasteiger partial charge < -0.3 is 19.9 Å². The summed E-state index contributed by atoms with van der Waals surface area (Å²) in [5, 5.41) is 13.4. The van der Waals surface area contributed by atoms with Crippen LogP contribution in [0.4, 0.5) is 5.82 Å². The van der Waals surface area contributed by atoms with E-state index in [-0.39, 0.29) is 18.0 Å². The van der Waals surface area contributed by atoms with Crippen LogP contribution in [0.2, 0.25) is 0 Å². The maximum atomic E-state index is 13.2. The molecule has 0 radical (unpaired) electrons. The van der Waals surface area contributed by atoms with E-state index >= 15 is 0 Å². The third kappa shape index (κ3) is 5.97. The first-order valence-corrected chi connectivity index (χ1v) is 13.0. The molecule has 5 rings (SSSR count). The molecule has 41 heavy (non-hydrogen) atoms. The average molecular weight is 554 g/mol. The van der Waals surface area contributed by atoms with Crippen LogP contribution in [0.1, 0.15) is 35.5 Å². The van der Waals surface area contributed by atoms with Gasteiger partial charge in [0.1, 0.15) is 35.2 Å². The standard InChI is InChI=1S/C31H31N5O5/c1-19-6-8-21(9-7-19)36-30(38)28(20(2)35(36)5)29(37)34-27-13-11-23(17-33-27)41-26-14-15-32-25-16-22(10-12-24(25)26)40-18-31(3,4)39/h6-17,39H,18H2,1-5H3,(H,33,34,37). The number of carbonyl (C=O) groups is 1. The quantitative estimate of drug-likeness (QED) is 0.280. The lowest BCUT2D eigenvalue weighted by molar-refractivity contribution is 0.0285. The van der Waals surface area contributed by atoms with Crippen LogP contribution in [0, 0.1) is 13.8 Å². The van der Waals surface area contributed by atoms with Crippen molar-refractivity contribution in [2.45, 2.75) is 33.3 Å². The van der Waals surface area contributed by atoms with Gasteiger partial charge >= 0.3 is 0 Å². The van der Waals surface area contributed by atoms with Gasteiger partial charge in [-0.25, -0.2) is 9.67 Å². The summed E-state index contributed by atoms with van der Waals surface area (Å²) < 4.78 is 14.8. The van der Waals surface area contributed by atoms with Gasteiger partial charge in [0.05, 0.1) is 28.7 Å². The zero-order valence-electron chi connectivity index (χ0n) is 23.5. The van der Waals surface area contributed by atoms with Crippen LogP contribution >= 0.6 is 0 Å². The number of nitrogens with one attached hydrogen (secondary N) is 1. The topological polar surface area (TPSA) is 120 Å². The second-order valence-corrected chi connectivity index (χ2v) is 10.5. The Kier molecular flexibility index (Phi) is 7.34. The van der Waals surface area contributed by atoms with Crippen molar-refractivity contribution in [3.8, 4) is 22.9 Å². The number of nitrogens with zero attached hydrogens (tertiary/aromatic N) is 4. The van der Waals surface area contributed by atoms with Gasteiger partial charge in [-0.05, 0) is 70.2 Å². The molecule has 0 aliphatic carbocycles. The van der Waals surface area contributed by atoms with Crippen molar-refractivity contribution in [2.24, 2.45) is 7.05 Å². The molecule has 2 N–H and O–H groups in total. The highest BCUT2D eigenvalue weighted by Gasteiger charge is 2.22. The maximum absolute atomic E-state index is 13.2. The Hall–Kier alpha value is -4.96. The number of aromatic nitrogens is 4. The van der Waals surface area contributed by atoms with Crippen molar-refractivity contribution in [2.75, 3.05) is 11.9 Å². The van der Waals surface area contributed by atoms with Gasteiger partial charge in [-0.1, -0.05) is 17.7 Å². The molecule has 0 fully saturated rings. The third-order valence-corrected chi connectivity index (χ3v) is 6.53. The summed E-state index contributed by atoms with van der Waals surface area (Å²) >= 11 is 0. The Morgan fingerprint density at radius 2 is 1.73 bits per heavy atom. The summed E-state index contributed by atoms with van der Waals surface area (Å²) in [5.74, 6) is 1.35. The normalized spacial score (nSPS) is 11.5. The van der Waals surface area contributed by atoms with E-state index in [1.54, 1.807) is 69.0 Å². The van der Waals surface area contributed by atoms with E-state index in [1.807, 2.05) is 37.3 Å². The number of benzene rings is 2. The van der Waals surface area contributed by atoms with E-state index in [2.05, 4.69) is 15.3 Å². The largest absolute Gasteiger partial charge is 0.491 e. The highest BCUT2D eigenvalue weighted by atomic mass is 16.5. The number of ether oxygens (including phenoxy) is 2. The molecule has 10 nitrogen and oxygen atoms in total. The van der Waals surface area contributed by atoms with Crippen LogP contribution in [0.3, 0.4) is 0 Å². The van der Waals surface area contributed by atoms with E-state index < -0.39 is 17.1 Å². The minimum Gasteiger partial charge on any atom is -0.491 e. The second kappa shape index (κ2) is 10.9. The number of aryl methyl sites for hydroxylation is 1. The van der Waals surface area contributed by atoms with E-state index in [1.165, 1.54) is 10.9 Å². The number of amides is 1. The fourth-order valence-corrected chi connectivity index (χ4v) is 4.31. The van der Waals surface area contributed by atoms with Crippen molar-refractivity contribution >= 4 is 22.6 Å². The van der Waals surface area contributed by atoms with E-state index in [0.717, 1.165) is 10.9 Å². The van der Waals surface area contributed by atoms with Crippen LogP contribution in [-0.4, -0.2) is 42.6 Å². The zero-order valence-corrected chi connectivity index (χ0v) is 23.5. The molecule has 10 heteroatoms. The van der Waals surface area contributed by atoms with Gasteiger partial charge in [-0.15, -0.1) is 0 Å². The van der Waals surface area contributed by atoms with Crippen molar-refractivity contribution in [3.05, 3.63) is 100 Å². The van der Waals surface area contributed by atoms with Crippen molar-refractivity contribution in [1.82, 2.24) is 19.3 Å². The number of hydrogen-bond acceptors (Lipinski definition) is 7. The highest BCUT2D eigenvalue weighted by Crippen LogP contribution is 2.31.